The molecule has 0 unspecified atom stereocenters. The van der Waals surface area contributed by atoms with Crippen LogP contribution in [0.15, 0.2) is 54.6 Å². The molecule has 0 bridgehead atoms. The zero-order chi connectivity index (χ0) is 17.9. The molecule has 0 aliphatic heterocycles. The second kappa shape index (κ2) is 9.82. The van der Waals surface area contributed by atoms with Gasteiger partial charge in [-0.1, -0.05) is 30.3 Å². The molecule has 0 fully saturated rings. The van der Waals surface area contributed by atoms with Gasteiger partial charge in [0.15, 0.2) is 18.1 Å². The van der Waals surface area contributed by atoms with Crippen molar-refractivity contribution in [1.82, 2.24) is 10.6 Å². The lowest BCUT2D eigenvalue weighted by molar-refractivity contribution is -0.123. The van der Waals surface area contributed by atoms with Crippen molar-refractivity contribution >= 4 is 12.0 Å². The molecule has 2 aromatic carbocycles. The molecule has 2 amide bonds. The lowest BCUT2D eigenvalue weighted by atomic mass is 10.3. The number of para-hydroxylation sites is 3. The Balaban J connectivity index is 1.61. The molecule has 0 saturated heterocycles. The van der Waals surface area contributed by atoms with Crippen molar-refractivity contribution in [3.63, 3.8) is 0 Å². The van der Waals surface area contributed by atoms with Crippen LogP contribution in [0.1, 0.15) is 0 Å². The van der Waals surface area contributed by atoms with Gasteiger partial charge in [0.1, 0.15) is 5.75 Å². The molecule has 0 spiro atoms. The number of amides is 2. The molecular formula is C18H20N2O5. The number of rotatable bonds is 8. The zero-order valence-corrected chi connectivity index (χ0v) is 13.9. The highest BCUT2D eigenvalue weighted by Gasteiger charge is 2.07. The molecule has 0 heterocycles. The first-order valence-corrected chi connectivity index (χ1v) is 7.72. The Hall–Kier alpha value is -3.22. The summed E-state index contributed by atoms with van der Waals surface area (Å²) >= 11 is 0. The molecule has 0 aliphatic rings. The summed E-state index contributed by atoms with van der Waals surface area (Å²) in [4.78, 5) is 23.3. The minimum Gasteiger partial charge on any atom is -0.493 e. The van der Waals surface area contributed by atoms with Gasteiger partial charge in [0.2, 0.25) is 0 Å². The largest absolute Gasteiger partial charge is 0.493 e. The van der Waals surface area contributed by atoms with E-state index in [1.807, 2.05) is 12.1 Å². The Labute approximate surface area is 145 Å². The van der Waals surface area contributed by atoms with Crippen molar-refractivity contribution in [2.75, 3.05) is 26.8 Å². The quantitative estimate of drug-likeness (QED) is 0.715. The average molecular weight is 344 g/mol. The summed E-state index contributed by atoms with van der Waals surface area (Å²) in [6.45, 7) is 0.360. The number of benzene rings is 2. The molecule has 0 saturated carbocycles. The molecule has 0 aromatic heterocycles. The van der Waals surface area contributed by atoms with Gasteiger partial charge in [-0.15, -0.1) is 0 Å². The van der Waals surface area contributed by atoms with Crippen LogP contribution in [0.5, 0.6) is 17.2 Å². The second-order valence-electron chi connectivity index (χ2n) is 4.92. The van der Waals surface area contributed by atoms with Crippen LogP contribution in [0, 0.1) is 0 Å². The number of carbonyl (C=O) groups excluding carboxylic acids is 2. The second-order valence-corrected chi connectivity index (χ2v) is 4.92. The van der Waals surface area contributed by atoms with Crippen LogP contribution < -0.4 is 24.8 Å². The summed E-state index contributed by atoms with van der Waals surface area (Å²) in [7, 11) is 1.53. The number of carbonyl (C=O) groups is 2. The Bertz CT molecular complexity index is 691. The summed E-state index contributed by atoms with van der Waals surface area (Å²) in [5.41, 5.74) is 0. The van der Waals surface area contributed by atoms with E-state index in [2.05, 4.69) is 10.6 Å². The molecule has 0 aliphatic carbocycles. The summed E-state index contributed by atoms with van der Waals surface area (Å²) < 4.78 is 15.6. The molecular weight excluding hydrogens is 324 g/mol. The van der Waals surface area contributed by atoms with Crippen molar-refractivity contribution < 1.29 is 23.8 Å². The van der Waals surface area contributed by atoms with Crippen molar-refractivity contribution in [3.8, 4) is 17.2 Å². The van der Waals surface area contributed by atoms with Crippen LogP contribution >= 0.6 is 0 Å². The van der Waals surface area contributed by atoms with Crippen LogP contribution in [0.25, 0.3) is 0 Å². The number of hydrogen-bond acceptors (Lipinski definition) is 5. The maximum atomic E-state index is 11.7. The van der Waals surface area contributed by atoms with Gasteiger partial charge < -0.3 is 24.8 Å². The van der Waals surface area contributed by atoms with Gasteiger partial charge >= 0.3 is 6.09 Å². The third kappa shape index (κ3) is 6.42. The fourth-order valence-electron chi connectivity index (χ4n) is 1.93. The highest BCUT2D eigenvalue weighted by Crippen LogP contribution is 2.25. The Morgan fingerprint density at radius 3 is 2.24 bits per heavy atom. The molecule has 2 rings (SSSR count). The SMILES string of the molecule is COc1ccccc1OCC(=O)NCCNC(=O)Oc1ccccc1. The molecule has 0 radical (unpaired) electrons. The lowest BCUT2D eigenvalue weighted by Crippen LogP contribution is -2.37. The third-order valence-corrected chi connectivity index (χ3v) is 3.10. The number of nitrogens with one attached hydrogen (secondary N) is 2. The number of ether oxygens (including phenoxy) is 3. The lowest BCUT2D eigenvalue weighted by Gasteiger charge is -2.11. The number of methoxy groups -OCH3 is 1. The molecule has 0 atom stereocenters. The minimum absolute atomic E-state index is 0.144. The van der Waals surface area contributed by atoms with Crippen LogP contribution in [0.4, 0.5) is 4.79 Å². The van der Waals surface area contributed by atoms with Crippen LogP contribution in [-0.2, 0) is 4.79 Å². The zero-order valence-electron chi connectivity index (χ0n) is 13.9. The first kappa shape index (κ1) is 18.1. The van der Waals surface area contributed by atoms with Crippen LogP contribution in [-0.4, -0.2) is 38.8 Å². The molecule has 7 nitrogen and oxygen atoms in total. The predicted octanol–water partition coefficient (Wildman–Crippen LogP) is 1.98. The third-order valence-electron chi connectivity index (χ3n) is 3.10. The van der Waals surface area contributed by atoms with Crippen molar-refractivity contribution in [1.29, 1.82) is 0 Å². The van der Waals surface area contributed by atoms with E-state index in [9.17, 15) is 9.59 Å². The smallest absolute Gasteiger partial charge is 0.412 e. The summed E-state index contributed by atoms with van der Waals surface area (Å²) in [5.74, 6) is 1.20. The van der Waals surface area contributed by atoms with E-state index < -0.39 is 6.09 Å². The fourth-order valence-corrected chi connectivity index (χ4v) is 1.93. The van der Waals surface area contributed by atoms with E-state index in [0.29, 0.717) is 17.2 Å². The van der Waals surface area contributed by atoms with E-state index in [1.54, 1.807) is 42.5 Å². The standard InChI is InChI=1S/C18H20N2O5/c1-23-15-9-5-6-10-16(15)24-13-17(21)19-11-12-20-18(22)25-14-7-3-2-4-8-14/h2-10H,11-13H2,1H3,(H,19,21)(H,20,22). The molecule has 132 valence electrons. The highest BCUT2D eigenvalue weighted by atomic mass is 16.6. The molecule has 25 heavy (non-hydrogen) atoms. The highest BCUT2D eigenvalue weighted by molar-refractivity contribution is 5.77. The topological polar surface area (TPSA) is 85.9 Å². The first-order chi connectivity index (χ1) is 12.2. The van der Waals surface area contributed by atoms with Gasteiger partial charge in [-0.05, 0) is 24.3 Å². The fraction of sp³-hybridized carbons (Fsp3) is 0.222. The van der Waals surface area contributed by atoms with Gasteiger partial charge in [0, 0.05) is 13.1 Å². The van der Waals surface area contributed by atoms with E-state index in [4.69, 9.17) is 14.2 Å². The van der Waals surface area contributed by atoms with Crippen molar-refractivity contribution in [3.05, 3.63) is 54.6 Å². The van der Waals surface area contributed by atoms with Gasteiger partial charge in [-0.3, -0.25) is 4.79 Å². The predicted molar refractivity (Wildman–Crippen MR) is 92.0 cm³/mol. The number of hydrogen-bond donors (Lipinski definition) is 2. The van der Waals surface area contributed by atoms with E-state index in [0.717, 1.165) is 0 Å². The van der Waals surface area contributed by atoms with E-state index >= 15 is 0 Å². The van der Waals surface area contributed by atoms with Gasteiger partial charge in [0.25, 0.3) is 5.91 Å². The van der Waals surface area contributed by atoms with Gasteiger partial charge in [0.05, 0.1) is 7.11 Å². The molecule has 2 N–H and O–H groups in total. The van der Waals surface area contributed by atoms with Gasteiger partial charge in [-0.25, -0.2) is 4.79 Å². The van der Waals surface area contributed by atoms with Crippen molar-refractivity contribution in [2.45, 2.75) is 0 Å². The summed E-state index contributed by atoms with van der Waals surface area (Å²) in [6, 6.07) is 15.8. The normalized spacial score (nSPS) is 9.80. The Morgan fingerprint density at radius 2 is 1.52 bits per heavy atom. The molecule has 2 aromatic rings. The summed E-state index contributed by atoms with van der Waals surface area (Å²) in [5, 5.41) is 5.18. The van der Waals surface area contributed by atoms with Crippen LogP contribution in [0.2, 0.25) is 0 Å². The maximum absolute atomic E-state index is 11.7. The maximum Gasteiger partial charge on any atom is 0.412 e. The van der Waals surface area contributed by atoms with Crippen molar-refractivity contribution in [2.24, 2.45) is 0 Å². The van der Waals surface area contributed by atoms with Gasteiger partial charge in [-0.2, -0.15) is 0 Å². The monoisotopic (exact) mass is 344 g/mol. The summed E-state index contributed by atoms with van der Waals surface area (Å²) in [6.07, 6.45) is -0.578. The Kier molecular flexibility index (Phi) is 7.12. The van der Waals surface area contributed by atoms with E-state index in [1.165, 1.54) is 7.11 Å². The van der Waals surface area contributed by atoms with Crippen LogP contribution in [0.3, 0.4) is 0 Å². The first-order valence-electron chi connectivity index (χ1n) is 7.72. The molecule has 7 heteroatoms. The minimum atomic E-state index is -0.578. The van der Waals surface area contributed by atoms with E-state index in [-0.39, 0.29) is 25.6 Å². The Morgan fingerprint density at radius 1 is 0.880 bits per heavy atom. The average Bonchev–Trinajstić information content (AvgIpc) is 2.64.